The molecule has 0 radical (unpaired) electrons. The summed E-state index contributed by atoms with van der Waals surface area (Å²) in [6, 6.07) is 0. The molecule has 0 fully saturated rings. The zero-order chi connectivity index (χ0) is 6.28. The Balaban J connectivity index is -0.0000000575. The van der Waals surface area contributed by atoms with Gasteiger partial charge in [-0.05, 0) is 6.92 Å². The summed E-state index contributed by atoms with van der Waals surface area (Å²) in [6.07, 6.45) is 0. The zero-order valence-electron chi connectivity index (χ0n) is 4.86. The second-order valence-electron chi connectivity index (χ2n) is 0.835. The van der Waals surface area contributed by atoms with Gasteiger partial charge in [0.05, 0.1) is 0 Å². The number of aliphatic hydroxyl groups is 1. The minimum absolute atomic E-state index is 0. The van der Waals surface area contributed by atoms with E-state index in [4.69, 9.17) is 15.0 Å². The normalized spacial score (nSPS) is 5.38. The first kappa shape index (κ1) is 15.7. The Morgan fingerprint density at radius 2 is 1.62 bits per heavy atom. The maximum Gasteiger partial charge on any atom is 0.300 e. The summed E-state index contributed by atoms with van der Waals surface area (Å²) in [7, 11) is 0. The van der Waals surface area contributed by atoms with E-state index in [0.717, 1.165) is 6.92 Å². The zero-order valence-corrected chi connectivity index (χ0v) is 6.60. The number of carbonyl (C=O) groups is 1. The van der Waals surface area contributed by atoms with E-state index >= 15 is 0 Å². The molecule has 0 bridgehead atoms. The van der Waals surface area contributed by atoms with Crippen molar-refractivity contribution in [3.63, 3.8) is 0 Å². The minimum atomic E-state index is -0.833. The first-order chi connectivity index (χ1) is 3.15. The van der Waals surface area contributed by atoms with Crippen LogP contribution in [0.5, 0.6) is 0 Å². The molecule has 0 amide bonds. The number of aliphatic carboxylic acids is 1. The molecule has 0 aliphatic rings. The summed E-state index contributed by atoms with van der Waals surface area (Å²) in [6.45, 7) is 3.01. The molecule has 0 aliphatic heterocycles. The van der Waals surface area contributed by atoms with Crippen molar-refractivity contribution in [1.82, 2.24) is 0 Å². The van der Waals surface area contributed by atoms with Gasteiger partial charge in [-0.3, -0.25) is 4.79 Å². The van der Waals surface area contributed by atoms with Crippen LogP contribution in [0, 0.1) is 0 Å². The van der Waals surface area contributed by atoms with Crippen molar-refractivity contribution in [3.05, 3.63) is 0 Å². The van der Waals surface area contributed by atoms with E-state index in [1.807, 2.05) is 0 Å². The third-order valence-corrected chi connectivity index (χ3v) is 0. The monoisotopic (exact) mass is 208 g/mol. The molecule has 0 aromatic heterocycles. The first-order valence-corrected chi connectivity index (χ1v) is 1.95. The number of hydrogen-bond donors (Lipinski definition) is 2. The molecule has 0 spiro atoms. The number of carboxylic acid groups (broad SMARTS) is 1. The second-order valence-corrected chi connectivity index (χ2v) is 0.835. The Labute approximate surface area is 61.5 Å². The van der Waals surface area contributed by atoms with Gasteiger partial charge in [-0.2, -0.15) is 0 Å². The molecule has 0 aromatic rings. The summed E-state index contributed by atoms with van der Waals surface area (Å²) in [4.78, 5) is 9.00. The van der Waals surface area contributed by atoms with Crippen LogP contribution in [-0.2, 0) is 24.3 Å². The number of rotatable bonds is 0. The molecule has 0 unspecified atom stereocenters. The molecular formula is C4H10O3Ru. The van der Waals surface area contributed by atoms with Crippen LogP contribution in [-0.4, -0.2) is 22.8 Å². The molecule has 3 nitrogen and oxygen atoms in total. The summed E-state index contributed by atoms with van der Waals surface area (Å²) >= 11 is 0. The molecule has 52 valence electrons. The van der Waals surface area contributed by atoms with E-state index in [9.17, 15) is 0 Å². The molecule has 8 heavy (non-hydrogen) atoms. The van der Waals surface area contributed by atoms with Gasteiger partial charge in [-0.25, -0.2) is 0 Å². The molecule has 0 aromatic carbocycles. The van der Waals surface area contributed by atoms with Crippen LogP contribution in [0.3, 0.4) is 0 Å². The van der Waals surface area contributed by atoms with Crippen molar-refractivity contribution in [1.29, 1.82) is 0 Å². The summed E-state index contributed by atoms with van der Waals surface area (Å²) in [5.74, 6) is -0.833. The fraction of sp³-hybridized carbons (Fsp3) is 0.750. The Morgan fingerprint density at radius 1 is 1.62 bits per heavy atom. The van der Waals surface area contributed by atoms with Crippen molar-refractivity contribution in [2.24, 2.45) is 0 Å². The van der Waals surface area contributed by atoms with Crippen LogP contribution in [0.25, 0.3) is 0 Å². The maximum absolute atomic E-state index is 9.00. The molecule has 0 atom stereocenters. The summed E-state index contributed by atoms with van der Waals surface area (Å²) in [5, 5.41) is 15.0. The van der Waals surface area contributed by atoms with Crippen LogP contribution in [0.4, 0.5) is 0 Å². The van der Waals surface area contributed by atoms with Gasteiger partial charge in [0.2, 0.25) is 0 Å². The van der Waals surface area contributed by atoms with Crippen molar-refractivity contribution in [3.8, 4) is 0 Å². The van der Waals surface area contributed by atoms with E-state index in [2.05, 4.69) is 0 Å². The van der Waals surface area contributed by atoms with Gasteiger partial charge in [-0.15, -0.1) is 0 Å². The SMILES string of the molecule is CC(=O)O.CCO.[Ru]. The van der Waals surface area contributed by atoms with Crippen molar-refractivity contribution >= 4 is 5.97 Å². The number of aliphatic hydroxyl groups excluding tert-OH is 1. The van der Waals surface area contributed by atoms with E-state index in [-0.39, 0.29) is 26.1 Å². The minimum Gasteiger partial charge on any atom is -0.481 e. The van der Waals surface area contributed by atoms with Crippen LogP contribution in [0.15, 0.2) is 0 Å². The van der Waals surface area contributed by atoms with Gasteiger partial charge in [0.25, 0.3) is 5.97 Å². The summed E-state index contributed by atoms with van der Waals surface area (Å²) in [5.41, 5.74) is 0. The maximum atomic E-state index is 9.00. The van der Waals surface area contributed by atoms with E-state index < -0.39 is 5.97 Å². The predicted octanol–water partition coefficient (Wildman–Crippen LogP) is 0.0870. The molecule has 0 heterocycles. The fourth-order valence-electron chi connectivity index (χ4n) is 0. The van der Waals surface area contributed by atoms with E-state index in [0.29, 0.717) is 0 Å². The molecule has 4 heteroatoms. The Kier molecular flexibility index (Phi) is 30.9. The van der Waals surface area contributed by atoms with Gasteiger partial charge in [0.15, 0.2) is 0 Å². The van der Waals surface area contributed by atoms with E-state index in [1.165, 1.54) is 0 Å². The van der Waals surface area contributed by atoms with Crippen LogP contribution >= 0.6 is 0 Å². The van der Waals surface area contributed by atoms with Crippen LogP contribution in [0.1, 0.15) is 13.8 Å². The Morgan fingerprint density at radius 3 is 1.62 bits per heavy atom. The van der Waals surface area contributed by atoms with Gasteiger partial charge >= 0.3 is 0 Å². The average molecular weight is 207 g/mol. The fourth-order valence-corrected chi connectivity index (χ4v) is 0. The van der Waals surface area contributed by atoms with Gasteiger partial charge in [0.1, 0.15) is 0 Å². The van der Waals surface area contributed by atoms with Crippen molar-refractivity contribution in [2.75, 3.05) is 6.61 Å². The van der Waals surface area contributed by atoms with Gasteiger partial charge in [0, 0.05) is 33.0 Å². The molecule has 0 aliphatic carbocycles. The average Bonchev–Trinajstić information content (AvgIpc) is 1.33. The molecule has 2 N–H and O–H groups in total. The number of hydrogen-bond acceptors (Lipinski definition) is 2. The quantitative estimate of drug-likeness (QED) is 0.553. The topological polar surface area (TPSA) is 57.5 Å². The molecule has 0 saturated heterocycles. The first-order valence-electron chi connectivity index (χ1n) is 1.95. The third kappa shape index (κ3) is 54300. The van der Waals surface area contributed by atoms with Crippen LogP contribution in [0.2, 0.25) is 0 Å². The Bertz CT molecular complexity index is 42.5. The van der Waals surface area contributed by atoms with E-state index in [1.54, 1.807) is 6.92 Å². The largest absolute Gasteiger partial charge is 0.481 e. The van der Waals surface area contributed by atoms with Crippen molar-refractivity contribution in [2.45, 2.75) is 13.8 Å². The molecule has 0 rings (SSSR count). The molecule has 0 saturated carbocycles. The predicted molar refractivity (Wildman–Crippen MR) is 26.1 cm³/mol. The smallest absolute Gasteiger partial charge is 0.300 e. The summed E-state index contributed by atoms with van der Waals surface area (Å²) < 4.78 is 0. The van der Waals surface area contributed by atoms with Gasteiger partial charge < -0.3 is 10.2 Å². The standard InChI is InChI=1S/C2H4O2.C2H6O.Ru/c1-2(3)4;1-2-3;/h1H3,(H,3,4);3H,2H2,1H3;. The molecular weight excluding hydrogens is 197 g/mol. The van der Waals surface area contributed by atoms with Crippen molar-refractivity contribution < 1.29 is 34.5 Å². The van der Waals surface area contributed by atoms with Gasteiger partial charge in [-0.1, -0.05) is 0 Å². The van der Waals surface area contributed by atoms with Crippen LogP contribution < -0.4 is 0 Å². The number of carboxylic acids is 1. The second kappa shape index (κ2) is 15.7. The Hall–Kier alpha value is 0.0534. The third-order valence-electron chi connectivity index (χ3n) is 0.